The summed E-state index contributed by atoms with van der Waals surface area (Å²) < 4.78 is 69.2. The minimum Gasteiger partial charge on any atom is -0.267 e. The standard InChI is InChI=1S/C24H17F5N2OS/c1-3-10-33-17-9-8-13(14-6-4-5-7-15(14)17)11-16-12(2)30-31(24(16)32)23-21(28)19(26)18(25)20(27)22(23)29/h4-9,11H,3,10H2,1-2H3/b16-11+. The van der Waals surface area contributed by atoms with Crippen LogP contribution in [0.5, 0.6) is 0 Å². The molecule has 170 valence electrons. The predicted octanol–water partition coefficient (Wildman–Crippen LogP) is 6.84. The monoisotopic (exact) mass is 476 g/mol. The lowest BCUT2D eigenvalue weighted by Gasteiger charge is -2.15. The molecule has 0 aliphatic carbocycles. The Hall–Kier alpha value is -3.20. The molecule has 0 atom stereocenters. The third kappa shape index (κ3) is 3.90. The van der Waals surface area contributed by atoms with Gasteiger partial charge in [0.15, 0.2) is 23.3 Å². The van der Waals surface area contributed by atoms with E-state index in [0.717, 1.165) is 27.8 Å². The van der Waals surface area contributed by atoms with E-state index in [2.05, 4.69) is 12.0 Å². The van der Waals surface area contributed by atoms with Gasteiger partial charge in [0.05, 0.1) is 11.3 Å². The average Bonchev–Trinajstić information content (AvgIpc) is 3.09. The highest BCUT2D eigenvalue weighted by atomic mass is 32.2. The van der Waals surface area contributed by atoms with Crippen molar-refractivity contribution >= 4 is 45.9 Å². The van der Waals surface area contributed by atoms with Crippen molar-refractivity contribution < 1.29 is 26.7 Å². The summed E-state index contributed by atoms with van der Waals surface area (Å²) in [5.41, 5.74) is -0.686. The maximum Gasteiger partial charge on any atom is 0.280 e. The van der Waals surface area contributed by atoms with Crippen LogP contribution in [0.15, 0.2) is 52.0 Å². The summed E-state index contributed by atoms with van der Waals surface area (Å²) in [6, 6.07) is 11.3. The quantitative estimate of drug-likeness (QED) is 0.133. The van der Waals surface area contributed by atoms with E-state index in [1.807, 2.05) is 36.4 Å². The fraction of sp³-hybridized carbons (Fsp3) is 0.167. The van der Waals surface area contributed by atoms with Crippen LogP contribution in [-0.4, -0.2) is 17.4 Å². The number of halogens is 5. The molecule has 4 rings (SSSR count). The van der Waals surface area contributed by atoms with Crippen molar-refractivity contribution in [3.63, 3.8) is 0 Å². The number of hydrogen-bond donors (Lipinski definition) is 0. The van der Waals surface area contributed by atoms with Gasteiger partial charge in [0.2, 0.25) is 5.82 Å². The molecule has 1 heterocycles. The van der Waals surface area contributed by atoms with Crippen molar-refractivity contribution in [2.45, 2.75) is 25.2 Å². The number of benzene rings is 3. The molecule has 3 nitrogen and oxygen atoms in total. The second kappa shape index (κ2) is 8.97. The van der Waals surface area contributed by atoms with E-state index >= 15 is 0 Å². The van der Waals surface area contributed by atoms with E-state index in [-0.39, 0.29) is 16.3 Å². The maximum atomic E-state index is 14.3. The van der Waals surface area contributed by atoms with Gasteiger partial charge in [0.25, 0.3) is 5.91 Å². The van der Waals surface area contributed by atoms with Crippen molar-refractivity contribution in [3.8, 4) is 0 Å². The number of carbonyl (C=O) groups is 1. The Morgan fingerprint density at radius 3 is 2.15 bits per heavy atom. The Kier molecular flexibility index (Phi) is 6.25. The highest BCUT2D eigenvalue weighted by molar-refractivity contribution is 7.99. The molecule has 0 radical (unpaired) electrons. The van der Waals surface area contributed by atoms with Crippen LogP contribution in [0.3, 0.4) is 0 Å². The Balaban J connectivity index is 1.80. The van der Waals surface area contributed by atoms with Crippen LogP contribution in [0, 0.1) is 29.1 Å². The Morgan fingerprint density at radius 1 is 0.909 bits per heavy atom. The number of amides is 1. The van der Waals surface area contributed by atoms with Crippen LogP contribution in [0.1, 0.15) is 25.8 Å². The zero-order chi connectivity index (χ0) is 23.9. The van der Waals surface area contributed by atoms with Gasteiger partial charge in [-0.2, -0.15) is 10.1 Å². The van der Waals surface area contributed by atoms with Crippen LogP contribution in [0.4, 0.5) is 27.6 Å². The summed E-state index contributed by atoms with van der Waals surface area (Å²) >= 11 is 1.70. The SMILES string of the molecule is CCCSc1ccc(/C=C2/C(=O)N(c3c(F)c(F)c(F)c(F)c3F)N=C2C)c2ccccc12. The van der Waals surface area contributed by atoms with Gasteiger partial charge in [0.1, 0.15) is 5.69 Å². The molecule has 0 aromatic heterocycles. The summed E-state index contributed by atoms with van der Waals surface area (Å²) in [4.78, 5) is 14.0. The van der Waals surface area contributed by atoms with E-state index in [9.17, 15) is 26.7 Å². The fourth-order valence-electron chi connectivity index (χ4n) is 3.53. The third-order valence-electron chi connectivity index (χ3n) is 5.14. The molecule has 0 saturated heterocycles. The molecule has 0 N–H and O–H groups in total. The molecule has 1 aliphatic heterocycles. The number of hydrogen-bond acceptors (Lipinski definition) is 3. The lowest BCUT2D eigenvalue weighted by Crippen LogP contribution is -2.25. The zero-order valence-corrected chi connectivity index (χ0v) is 18.4. The lowest BCUT2D eigenvalue weighted by molar-refractivity contribution is -0.114. The molecule has 3 aromatic carbocycles. The molecule has 3 aromatic rings. The zero-order valence-electron chi connectivity index (χ0n) is 17.6. The highest BCUT2D eigenvalue weighted by Gasteiger charge is 2.37. The third-order valence-corrected chi connectivity index (χ3v) is 6.42. The average molecular weight is 476 g/mol. The smallest absolute Gasteiger partial charge is 0.267 e. The van der Waals surface area contributed by atoms with Gasteiger partial charge in [0, 0.05) is 4.90 Å². The Labute approximate surface area is 190 Å². The van der Waals surface area contributed by atoms with Gasteiger partial charge in [-0.3, -0.25) is 4.79 Å². The van der Waals surface area contributed by atoms with Crippen molar-refractivity contribution in [1.82, 2.24) is 0 Å². The summed E-state index contributed by atoms with van der Waals surface area (Å²) in [6.07, 6.45) is 2.51. The number of rotatable bonds is 5. The molecule has 1 amide bonds. The van der Waals surface area contributed by atoms with Gasteiger partial charge in [-0.1, -0.05) is 37.3 Å². The van der Waals surface area contributed by atoms with Crippen molar-refractivity contribution in [2.24, 2.45) is 5.10 Å². The molecule has 0 saturated carbocycles. The van der Waals surface area contributed by atoms with Gasteiger partial charge in [-0.05, 0) is 47.6 Å². The molecular formula is C24H17F5N2OS. The number of carbonyl (C=O) groups excluding carboxylic acids is 1. The van der Waals surface area contributed by atoms with E-state index < -0.39 is 40.7 Å². The van der Waals surface area contributed by atoms with Crippen LogP contribution < -0.4 is 5.01 Å². The van der Waals surface area contributed by atoms with Crippen LogP contribution in [0.2, 0.25) is 0 Å². The fourth-order valence-corrected chi connectivity index (χ4v) is 4.45. The second-order valence-corrected chi connectivity index (χ2v) is 8.46. The van der Waals surface area contributed by atoms with Gasteiger partial charge in [-0.25, -0.2) is 22.0 Å². The lowest BCUT2D eigenvalue weighted by atomic mass is 10.0. The summed E-state index contributed by atoms with van der Waals surface area (Å²) in [7, 11) is 0. The van der Waals surface area contributed by atoms with E-state index in [0.29, 0.717) is 5.56 Å². The Bertz CT molecular complexity index is 1320. The molecule has 0 spiro atoms. The number of nitrogens with zero attached hydrogens (tertiary/aromatic N) is 2. The van der Waals surface area contributed by atoms with Crippen molar-refractivity contribution in [3.05, 3.63) is 76.6 Å². The predicted molar refractivity (Wildman–Crippen MR) is 120 cm³/mol. The number of hydrazone groups is 1. The van der Waals surface area contributed by atoms with Crippen LogP contribution in [-0.2, 0) is 4.79 Å². The largest absolute Gasteiger partial charge is 0.280 e. The van der Waals surface area contributed by atoms with Crippen molar-refractivity contribution in [1.29, 1.82) is 0 Å². The highest BCUT2D eigenvalue weighted by Crippen LogP contribution is 2.35. The number of thioether (sulfide) groups is 1. The molecule has 0 bridgehead atoms. The van der Waals surface area contributed by atoms with E-state index in [1.165, 1.54) is 13.0 Å². The van der Waals surface area contributed by atoms with Gasteiger partial charge >= 0.3 is 0 Å². The summed E-state index contributed by atoms with van der Waals surface area (Å²) in [6.45, 7) is 3.50. The number of anilines is 1. The molecule has 0 unspecified atom stereocenters. The summed E-state index contributed by atoms with van der Waals surface area (Å²) in [5, 5.41) is 5.82. The molecule has 33 heavy (non-hydrogen) atoms. The molecule has 1 aliphatic rings. The van der Waals surface area contributed by atoms with Gasteiger partial charge in [-0.15, -0.1) is 11.8 Å². The van der Waals surface area contributed by atoms with E-state index in [4.69, 9.17) is 0 Å². The Morgan fingerprint density at radius 2 is 1.52 bits per heavy atom. The first kappa shape index (κ1) is 23.0. The molecule has 0 fully saturated rings. The first-order valence-electron chi connectivity index (χ1n) is 10.0. The molecule has 9 heteroatoms. The van der Waals surface area contributed by atoms with Crippen LogP contribution in [0.25, 0.3) is 16.8 Å². The molecular weight excluding hydrogens is 459 g/mol. The minimum absolute atomic E-state index is 0.0157. The minimum atomic E-state index is -2.30. The topological polar surface area (TPSA) is 32.7 Å². The van der Waals surface area contributed by atoms with Crippen molar-refractivity contribution in [2.75, 3.05) is 10.8 Å². The maximum absolute atomic E-state index is 14.3. The normalized spacial score (nSPS) is 15.1. The van der Waals surface area contributed by atoms with E-state index in [1.54, 1.807) is 11.8 Å². The summed E-state index contributed by atoms with van der Waals surface area (Å²) in [5.74, 6) is -10.9. The second-order valence-electron chi connectivity index (χ2n) is 7.33. The first-order valence-corrected chi connectivity index (χ1v) is 11.0. The van der Waals surface area contributed by atoms with Gasteiger partial charge < -0.3 is 0 Å². The van der Waals surface area contributed by atoms with Crippen LogP contribution >= 0.6 is 11.8 Å². The first-order chi connectivity index (χ1) is 15.8. The number of fused-ring (bicyclic) bond motifs is 1.